The number of amides is 1. The van der Waals surface area contributed by atoms with E-state index >= 15 is 0 Å². The van der Waals surface area contributed by atoms with Gasteiger partial charge in [0.25, 0.3) is 0 Å². The average molecular weight is 409 g/mol. The van der Waals surface area contributed by atoms with Crippen molar-refractivity contribution in [1.82, 2.24) is 16.0 Å². The van der Waals surface area contributed by atoms with Gasteiger partial charge in [-0.05, 0) is 41.8 Å². The SMILES string of the molecule is CNCC1NCc2cc(CC(=O)NC3Cc4cccc(C(=O)O)c4OB3O)ccc21. The molecule has 2 aromatic carbocycles. The number of likely N-dealkylation sites (N-methyl/N-ethyl adjacent to an activating group) is 1. The first-order valence-electron chi connectivity index (χ1n) is 9.95. The first-order valence-corrected chi connectivity index (χ1v) is 9.95. The van der Waals surface area contributed by atoms with E-state index in [0.717, 1.165) is 18.7 Å². The Morgan fingerprint density at radius 2 is 2.10 bits per heavy atom. The topological polar surface area (TPSA) is 120 Å². The molecule has 0 spiro atoms. The van der Waals surface area contributed by atoms with Gasteiger partial charge in [-0.15, -0.1) is 0 Å². The fourth-order valence-electron chi connectivity index (χ4n) is 4.15. The van der Waals surface area contributed by atoms with E-state index < -0.39 is 19.0 Å². The molecule has 2 aliphatic heterocycles. The van der Waals surface area contributed by atoms with Crippen molar-refractivity contribution >= 4 is 19.0 Å². The minimum Gasteiger partial charge on any atom is -0.534 e. The van der Waals surface area contributed by atoms with Crippen LogP contribution in [-0.2, 0) is 24.2 Å². The lowest BCUT2D eigenvalue weighted by atomic mass is 9.72. The zero-order valence-electron chi connectivity index (χ0n) is 16.6. The number of benzene rings is 2. The van der Waals surface area contributed by atoms with Crippen LogP contribution >= 0.6 is 0 Å². The number of hydrogen-bond donors (Lipinski definition) is 5. The minimum absolute atomic E-state index is 0.000320. The lowest BCUT2D eigenvalue weighted by Crippen LogP contribution is -2.53. The van der Waals surface area contributed by atoms with E-state index in [0.29, 0.717) is 12.0 Å². The van der Waals surface area contributed by atoms with Crippen molar-refractivity contribution in [3.63, 3.8) is 0 Å². The molecule has 156 valence electrons. The van der Waals surface area contributed by atoms with E-state index in [1.165, 1.54) is 17.2 Å². The predicted octanol–water partition coefficient (Wildman–Crippen LogP) is 0.431. The molecule has 0 aromatic heterocycles. The Bertz CT molecular complexity index is 983. The van der Waals surface area contributed by atoms with Crippen molar-refractivity contribution in [1.29, 1.82) is 0 Å². The standard InChI is InChI=1S/C21H24BN3O5/c1-23-11-17-15-6-5-12(7-14(15)10-24-17)8-19(26)25-18-9-13-3-2-4-16(21(27)28)20(13)30-22(18)29/h2-7,17-18,23-24,29H,8-11H2,1H3,(H,25,26)(H,27,28). The molecule has 0 fully saturated rings. The van der Waals surface area contributed by atoms with Gasteiger partial charge in [-0.3, -0.25) is 4.79 Å². The summed E-state index contributed by atoms with van der Waals surface area (Å²) in [6.45, 7) is 1.62. The third-order valence-electron chi connectivity index (χ3n) is 5.59. The quantitative estimate of drug-likeness (QED) is 0.439. The molecule has 2 unspecified atom stereocenters. The molecule has 2 heterocycles. The van der Waals surface area contributed by atoms with Crippen LogP contribution in [0.25, 0.3) is 0 Å². The van der Waals surface area contributed by atoms with Crippen LogP contribution in [0.1, 0.15) is 38.7 Å². The zero-order valence-corrected chi connectivity index (χ0v) is 16.6. The van der Waals surface area contributed by atoms with Gasteiger partial charge in [0, 0.05) is 19.1 Å². The summed E-state index contributed by atoms with van der Waals surface area (Å²) in [5.74, 6) is -1.84. The third-order valence-corrected chi connectivity index (χ3v) is 5.59. The van der Waals surface area contributed by atoms with Crippen molar-refractivity contribution < 1.29 is 24.4 Å². The number of carboxylic acid groups (broad SMARTS) is 1. The van der Waals surface area contributed by atoms with Crippen molar-refractivity contribution in [2.45, 2.75) is 31.4 Å². The highest BCUT2D eigenvalue weighted by Gasteiger charge is 2.37. The monoisotopic (exact) mass is 409 g/mol. The maximum atomic E-state index is 12.6. The van der Waals surface area contributed by atoms with Crippen molar-refractivity contribution in [3.05, 3.63) is 64.2 Å². The summed E-state index contributed by atoms with van der Waals surface area (Å²) in [5, 5.41) is 29.0. The van der Waals surface area contributed by atoms with Gasteiger partial charge in [-0.1, -0.05) is 30.3 Å². The van der Waals surface area contributed by atoms with Crippen LogP contribution in [0, 0.1) is 0 Å². The number of carbonyl (C=O) groups excluding carboxylic acids is 1. The van der Waals surface area contributed by atoms with E-state index in [4.69, 9.17) is 4.65 Å². The average Bonchev–Trinajstić information content (AvgIpc) is 3.10. The van der Waals surface area contributed by atoms with Crippen LogP contribution in [0.3, 0.4) is 0 Å². The van der Waals surface area contributed by atoms with Gasteiger partial charge in [0.15, 0.2) is 0 Å². The molecule has 8 nitrogen and oxygen atoms in total. The summed E-state index contributed by atoms with van der Waals surface area (Å²) in [7, 11) is 0.608. The summed E-state index contributed by atoms with van der Waals surface area (Å²) >= 11 is 0. The van der Waals surface area contributed by atoms with E-state index in [1.54, 1.807) is 12.1 Å². The van der Waals surface area contributed by atoms with E-state index in [1.807, 2.05) is 19.2 Å². The number of rotatable bonds is 6. The fourth-order valence-corrected chi connectivity index (χ4v) is 4.15. The van der Waals surface area contributed by atoms with E-state index in [2.05, 4.69) is 22.0 Å². The maximum Gasteiger partial charge on any atom is 0.547 e. The molecule has 1 amide bonds. The Morgan fingerprint density at radius 1 is 1.27 bits per heavy atom. The van der Waals surface area contributed by atoms with Crippen LogP contribution < -0.4 is 20.6 Å². The molecule has 0 bridgehead atoms. The van der Waals surface area contributed by atoms with Gasteiger partial charge in [0.05, 0.1) is 17.9 Å². The third kappa shape index (κ3) is 4.05. The second-order valence-electron chi connectivity index (χ2n) is 7.69. The van der Waals surface area contributed by atoms with Crippen molar-refractivity contribution in [3.8, 4) is 5.75 Å². The second-order valence-corrected chi connectivity index (χ2v) is 7.69. The highest BCUT2D eigenvalue weighted by atomic mass is 16.5. The van der Waals surface area contributed by atoms with Crippen LogP contribution in [0.5, 0.6) is 5.75 Å². The summed E-state index contributed by atoms with van der Waals surface area (Å²) in [6.07, 6.45) is 0.485. The van der Waals surface area contributed by atoms with Gasteiger partial charge in [-0.2, -0.15) is 0 Å². The maximum absolute atomic E-state index is 12.6. The summed E-state index contributed by atoms with van der Waals surface area (Å²) in [6, 6.07) is 11.1. The van der Waals surface area contributed by atoms with Gasteiger partial charge in [0.1, 0.15) is 5.75 Å². The lowest BCUT2D eigenvalue weighted by Gasteiger charge is -2.28. The number of carbonyl (C=O) groups is 2. The number of carboxylic acids is 1. The second kappa shape index (κ2) is 8.47. The van der Waals surface area contributed by atoms with Gasteiger partial charge < -0.3 is 30.7 Å². The lowest BCUT2D eigenvalue weighted by molar-refractivity contribution is -0.120. The molecule has 5 N–H and O–H groups in total. The Kier molecular flexibility index (Phi) is 5.76. The first kappa shape index (κ1) is 20.4. The van der Waals surface area contributed by atoms with Crippen LogP contribution in [0.4, 0.5) is 0 Å². The van der Waals surface area contributed by atoms with E-state index in [-0.39, 0.29) is 29.7 Å². The van der Waals surface area contributed by atoms with Gasteiger partial charge >= 0.3 is 13.1 Å². The zero-order chi connectivity index (χ0) is 21.3. The molecule has 0 radical (unpaired) electrons. The van der Waals surface area contributed by atoms with Gasteiger partial charge in [-0.25, -0.2) is 4.79 Å². The molecule has 0 saturated heterocycles. The normalized spacial score (nSPS) is 19.6. The Balaban J connectivity index is 1.41. The number of fused-ring (bicyclic) bond motifs is 2. The number of hydrogen-bond acceptors (Lipinski definition) is 6. The number of aromatic carboxylic acids is 1. The Hall–Kier alpha value is -2.88. The van der Waals surface area contributed by atoms with Crippen molar-refractivity contribution in [2.24, 2.45) is 0 Å². The molecule has 2 atom stereocenters. The van der Waals surface area contributed by atoms with Crippen LogP contribution in [-0.4, -0.2) is 48.7 Å². The molecule has 2 aliphatic rings. The van der Waals surface area contributed by atoms with Gasteiger partial charge in [0.2, 0.25) is 5.91 Å². The minimum atomic E-state index is -1.31. The molecule has 30 heavy (non-hydrogen) atoms. The van der Waals surface area contributed by atoms with E-state index in [9.17, 15) is 19.7 Å². The summed E-state index contributed by atoms with van der Waals surface area (Å²) in [4.78, 5) is 23.9. The highest BCUT2D eigenvalue weighted by Crippen LogP contribution is 2.30. The molecule has 0 aliphatic carbocycles. The summed E-state index contributed by atoms with van der Waals surface area (Å²) in [5.41, 5.74) is 3.98. The highest BCUT2D eigenvalue weighted by molar-refractivity contribution is 6.47. The molecular formula is C21H24BN3O5. The Morgan fingerprint density at radius 3 is 2.87 bits per heavy atom. The van der Waals surface area contributed by atoms with Crippen LogP contribution in [0.15, 0.2) is 36.4 Å². The molecule has 9 heteroatoms. The molecular weight excluding hydrogens is 385 g/mol. The Labute approximate surface area is 174 Å². The molecule has 4 rings (SSSR count). The molecule has 2 aromatic rings. The van der Waals surface area contributed by atoms with Crippen LogP contribution in [0.2, 0.25) is 0 Å². The predicted molar refractivity (Wildman–Crippen MR) is 111 cm³/mol. The number of nitrogens with one attached hydrogen (secondary N) is 3. The number of para-hydroxylation sites is 1. The largest absolute Gasteiger partial charge is 0.547 e. The smallest absolute Gasteiger partial charge is 0.534 e. The summed E-state index contributed by atoms with van der Waals surface area (Å²) < 4.78 is 5.43. The first-order chi connectivity index (χ1) is 14.5. The van der Waals surface area contributed by atoms with Crippen molar-refractivity contribution in [2.75, 3.05) is 13.6 Å². The molecule has 0 saturated carbocycles. The fraction of sp³-hybridized carbons (Fsp3) is 0.333.